The molecular formula is C16H20BrNO4. The van der Waals surface area contributed by atoms with Gasteiger partial charge in [-0.25, -0.2) is 0 Å². The molecule has 0 N–H and O–H groups in total. The Bertz CT molecular complexity index is 545. The largest absolute Gasteiger partial charge is 0.347 e. The summed E-state index contributed by atoms with van der Waals surface area (Å²) in [6, 6.07) is 8.03. The van der Waals surface area contributed by atoms with Gasteiger partial charge in [-0.15, -0.1) is 0 Å². The van der Waals surface area contributed by atoms with Crippen LogP contribution in [0, 0.1) is 22.0 Å². The molecule has 2 aliphatic rings. The lowest BCUT2D eigenvalue weighted by atomic mass is 9.72. The smallest absolute Gasteiger partial charge is 0.207 e. The number of hydrogen-bond acceptors (Lipinski definition) is 4. The normalized spacial score (nSPS) is 27.1. The van der Waals surface area contributed by atoms with Gasteiger partial charge in [0, 0.05) is 27.7 Å². The van der Waals surface area contributed by atoms with E-state index in [1.165, 1.54) is 0 Å². The van der Waals surface area contributed by atoms with Crippen molar-refractivity contribution in [3.63, 3.8) is 0 Å². The predicted molar refractivity (Wildman–Crippen MR) is 85.2 cm³/mol. The van der Waals surface area contributed by atoms with Crippen LogP contribution in [-0.2, 0) is 15.9 Å². The highest BCUT2D eigenvalue weighted by Crippen LogP contribution is 2.45. The molecule has 1 saturated heterocycles. The molecule has 1 aliphatic carbocycles. The second-order valence-electron chi connectivity index (χ2n) is 6.08. The molecule has 1 aliphatic heterocycles. The van der Waals surface area contributed by atoms with Gasteiger partial charge >= 0.3 is 0 Å². The lowest BCUT2D eigenvalue weighted by Crippen LogP contribution is -2.49. The summed E-state index contributed by atoms with van der Waals surface area (Å²) >= 11 is 3.58. The summed E-state index contributed by atoms with van der Waals surface area (Å²) in [6.07, 6.45) is 3.35. The summed E-state index contributed by atoms with van der Waals surface area (Å²) < 4.78 is 13.0. The van der Waals surface area contributed by atoms with E-state index in [4.69, 9.17) is 9.47 Å². The second kappa shape index (κ2) is 6.64. The molecule has 2 fully saturated rings. The van der Waals surface area contributed by atoms with Crippen LogP contribution < -0.4 is 0 Å². The molecule has 0 bridgehead atoms. The molecular weight excluding hydrogens is 350 g/mol. The zero-order chi connectivity index (χ0) is 15.6. The number of benzene rings is 1. The Morgan fingerprint density at radius 1 is 1.32 bits per heavy atom. The number of nitro groups is 1. The van der Waals surface area contributed by atoms with Gasteiger partial charge in [-0.3, -0.25) is 10.1 Å². The predicted octanol–water partition coefficient (Wildman–Crippen LogP) is 3.43. The van der Waals surface area contributed by atoms with Gasteiger partial charge in [-0.2, -0.15) is 0 Å². The molecule has 0 radical (unpaired) electrons. The van der Waals surface area contributed by atoms with Crippen LogP contribution in [-0.4, -0.2) is 30.5 Å². The van der Waals surface area contributed by atoms with Crippen molar-refractivity contribution in [2.75, 3.05) is 19.8 Å². The van der Waals surface area contributed by atoms with Crippen molar-refractivity contribution in [1.82, 2.24) is 0 Å². The summed E-state index contributed by atoms with van der Waals surface area (Å²) in [5.74, 6) is -0.615. The van der Waals surface area contributed by atoms with Gasteiger partial charge in [0.05, 0.1) is 13.2 Å². The Balaban J connectivity index is 1.88. The summed E-state index contributed by atoms with van der Waals surface area (Å²) in [6.45, 7) is 1.15. The molecule has 1 spiro atoms. The van der Waals surface area contributed by atoms with E-state index in [0.29, 0.717) is 13.2 Å². The zero-order valence-electron chi connectivity index (χ0n) is 12.4. The molecule has 5 nitrogen and oxygen atoms in total. The van der Waals surface area contributed by atoms with Crippen LogP contribution in [0.25, 0.3) is 0 Å². The molecule has 120 valence electrons. The van der Waals surface area contributed by atoms with Crippen molar-refractivity contribution in [1.29, 1.82) is 0 Å². The van der Waals surface area contributed by atoms with E-state index in [1.54, 1.807) is 0 Å². The number of ether oxygens (including phenoxy) is 2. The molecule has 1 aromatic rings. The van der Waals surface area contributed by atoms with Crippen LogP contribution in [0.2, 0.25) is 0 Å². The van der Waals surface area contributed by atoms with E-state index in [-0.39, 0.29) is 23.3 Å². The van der Waals surface area contributed by atoms with Crippen LogP contribution >= 0.6 is 15.9 Å². The number of halogens is 1. The first-order valence-corrected chi connectivity index (χ1v) is 8.53. The van der Waals surface area contributed by atoms with E-state index >= 15 is 0 Å². The van der Waals surface area contributed by atoms with Gasteiger partial charge in [-0.1, -0.05) is 34.1 Å². The zero-order valence-corrected chi connectivity index (χ0v) is 14.0. The highest BCUT2D eigenvalue weighted by Gasteiger charge is 2.51. The highest BCUT2D eigenvalue weighted by atomic mass is 79.9. The maximum absolute atomic E-state index is 11.1. The number of rotatable bonds is 4. The fourth-order valence-electron chi connectivity index (χ4n) is 3.82. The fraction of sp³-hybridized carbons (Fsp3) is 0.625. The average molecular weight is 370 g/mol. The SMILES string of the molecule is O=[N+]([O-])CC1CCCC2(OCCO2)[C@H]1Cc1ccccc1Br. The molecule has 3 rings (SSSR count). The molecule has 1 unspecified atom stereocenters. The number of hydrogen-bond donors (Lipinski definition) is 0. The molecule has 22 heavy (non-hydrogen) atoms. The Hall–Kier alpha value is -0.980. The van der Waals surface area contributed by atoms with Crippen molar-refractivity contribution in [3.8, 4) is 0 Å². The minimum absolute atomic E-state index is 0.00560. The third-order valence-electron chi connectivity index (χ3n) is 4.79. The Kier molecular flexibility index (Phi) is 4.80. The molecule has 0 aromatic heterocycles. The quantitative estimate of drug-likeness (QED) is 0.602. The molecule has 1 saturated carbocycles. The van der Waals surface area contributed by atoms with E-state index in [0.717, 1.165) is 35.7 Å². The van der Waals surface area contributed by atoms with Gasteiger partial charge in [0.15, 0.2) is 5.79 Å². The van der Waals surface area contributed by atoms with Gasteiger partial charge in [-0.05, 0) is 30.9 Å². The van der Waals surface area contributed by atoms with Gasteiger partial charge in [0.25, 0.3) is 0 Å². The van der Waals surface area contributed by atoms with Crippen molar-refractivity contribution < 1.29 is 14.4 Å². The summed E-state index contributed by atoms with van der Waals surface area (Å²) in [7, 11) is 0. The van der Waals surface area contributed by atoms with Crippen LogP contribution in [0.5, 0.6) is 0 Å². The van der Waals surface area contributed by atoms with Gasteiger partial charge in [0.2, 0.25) is 6.54 Å². The summed E-state index contributed by atoms with van der Waals surface area (Å²) in [5.41, 5.74) is 1.15. The molecule has 6 heteroatoms. The van der Waals surface area contributed by atoms with Gasteiger partial charge < -0.3 is 9.47 Å². The Labute approximate surface area is 138 Å². The van der Waals surface area contributed by atoms with E-state index in [9.17, 15) is 10.1 Å². The minimum atomic E-state index is -0.631. The Morgan fingerprint density at radius 3 is 2.73 bits per heavy atom. The molecule has 2 atom stereocenters. The third kappa shape index (κ3) is 3.19. The van der Waals surface area contributed by atoms with Crippen molar-refractivity contribution >= 4 is 15.9 Å². The number of nitrogens with zero attached hydrogens (tertiary/aromatic N) is 1. The van der Waals surface area contributed by atoms with Crippen LogP contribution in [0.1, 0.15) is 24.8 Å². The average Bonchev–Trinajstić information content (AvgIpc) is 2.93. The maximum Gasteiger partial charge on any atom is 0.207 e. The minimum Gasteiger partial charge on any atom is -0.347 e. The van der Waals surface area contributed by atoms with E-state index in [1.807, 2.05) is 18.2 Å². The Morgan fingerprint density at radius 2 is 2.05 bits per heavy atom. The summed E-state index contributed by atoms with van der Waals surface area (Å²) in [5, 5.41) is 11.1. The standard InChI is InChI=1S/C16H20BrNO4/c17-15-6-2-1-4-12(15)10-14-13(11-18(19)20)5-3-7-16(14)21-8-9-22-16/h1-2,4,6,13-14H,3,5,7-11H2/t13?,14-/m0/s1. The van der Waals surface area contributed by atoms with E-state index in [2.05, 4.69) is 22.0 Å². The first kappa shape index (κ1) is 15.9. The highest BCUT2D eigenvalue weighted by molar-refractivity contribution is 9.10. The van der Waals surface area contributed by atoms with Crippen molar-refractivity contribution in [2.24, 2.45) is 11.8 Å². The second-order valence-corrected chi connectivity index (χ2v) is 6.93. The van der Waals surface area contributed by atoms with Crippen LogP contribution in [0.3, 0.4) is 0 Å². The lowest BCUT2D eigenvalue weighted by Gasteiger charge is -2.43. The maximum atomic E-state index is 11.1. The first-order valence-electron chi connectivity index (χ1n) is 7.74. The van der Waals surface area contributed by atoms with Crippen LogP contribution in [0.4, 0.5) is 0 Å². The van der Waals surface area contributed by atoms with Crippen molar-refractivity contribution in [2.45, 2.75) is 31.5 Å². The van der Waals surface area contributed by atoms with E-state index < -0.39 is 5.79 Å². The topological polar surface area (TPSA) is 61.6 Å². The monoisotopic (exact) mass is 369 g/mol. The van der Waals surface area contributed by atoms with Crippen molar-refractivity contribution in [3.05, 3.63) is 44.4 Å². The fourth-order valence-corrected chi connectivity index (χ4v) is 4.26. The first-order chi connectivity index (χ1) is 10.6. The van der Waals surface area contributed by atoms with Crippen LogP contribution in [0.15, 0.2) is 28.7 Å². The van der Waals surface area contributed by atoms with Gasteiger partial charge in [0.1, 0.15) is 0 Å². The molecule has 1 aromatic carbocycles. The summed E-state index contributed by atoms with van der Waals surface area (Å²) in [4.78, 5) is 10.8. The lowest BCUT2D eigenvalue weighted by molar-refractivity contribution is -0.493. The molecule has 1 heterocycles. The third-order valence-corrected chi connectivity index (χ3v) is 5.57. The molecule has 0 amide bonds.